The molecule has 1 saturated heterocycles. The third-order valence-corrected chi connectivity index (χ3v) is 17.4. The van der Waals surface area contributed by atoms with Crippen LogP contribution in [0, 0.1) is 19.8 Å². The van der Waals surface area contributed by atoms with E-state index in [1.54, 1.807) is 0 Å². The molecule has 1 fully saturated rings. The van der Waals surface area contributed by atoms with Crippen molar-refractivity contribution in [3.8, 4) is 33.2 Å². The van der Waals surface area contributed by atoms with Crippen molar-refractivity contribution in [3.05, 3.63) is 80.8 Å². The summed E-state index contributed by atoms with van der Waals surface area (Å²) in [5.74, 6) is -0.524. The SMILES string of the molecule is Cc1c(-c2nc3cc(CN4CC[C@@H](C(=O)O)C4)cc(Cl)c3o2)cccc1-c1cccc(-c2nc3c(s2)CN(CCO[Si](C)(C)C(C)(C)C)CC3)c1C. The Balaban J connectivity index is 1.10. The van der Waals surface area contributed by atoms with Crippen LogP contribution in [-0.4, -0.2) is 71.9 Å². The smallest absolute Gasteiger partial charge is 0.307 e. The zero-order valence-corrected chi connectivity index (χ0v) is 33.9. The number of carboxylic acid groups (broad SMARTS) is 1. The molecule has 0 radical (unpaired) electrons. The number of aromatic nitrogens is 2. The highest BCUT2D eigenvalue weighted by Crippen LogP contribution is 2.41. The zero-order chi connectivity index (χ0) is 36.9. The number of carboxylic acids is 1. The van der Waals surface area contributed by atoms with Gasteiger partial charge in [-0.25, -0.2) is 9.97 Å². The molecular weight excluding hydrogens is 708 g/mol. The van der Waals surface area contributed by atoms with Gasteiger partial charge in [-0.2, -0.15) is 0 Å². The maximum absolute atomic E-state index is 11.4. The first-order chi connectivity index (χ1) is 24.7. The Kier molecular flexibility index (Phi) is 10.3. The summed E-state index contributed by atoms with van der Waals surface area (Å²) < 4.78 is 12.8. The molecule has 2 aliphatic rings. The van der Waals surface area contributed by atoms with E-state index in [2.05, 4.69) is 87.8 Å². The van der Waals surface area contributed by atoms with Gasteiger partial charge in [-0.3, -0.25) is 14.6 Å². The molecule has 0 unspecified atom stereocenters. The second kappa shape index (κ2) is 14.5. The van der Waals surface area contributed by atoms with Crippen LogP contribution in [0.15, 0.2) is 52.9 Å². The van der Waals surface area contributed by atoms with Crippen LogP contribution in [0.4, 0.5) is 0 Å². The van der Waals surface area contributed by atoms with Crippen LogP contribution in [0.5, 0.6) is 0 Å². The summed E-state index contributed by atoms with van der Waals surface area (Å²) in [6.45, 7) is 21.4. The number of aliphatic carboxylic acids is 1. The van der Waals surface area contributed by atoms with Gasteiger partial charge in [-0.05, 0) is 91.0 Å². The molecule has 3 aromatic carbocycles. The van der Waals surface area contributed by atoms with Crippen molar-refractivity contribution in [2.45, 2.75) is 78.7 Å². The standard InChI is InChI=1S/C41H49ClN4O4SSi/c1-25-29(10-8-12-31(25)38-43-35-21-27(20-33(42)37(35)50-38)22-46-16-14-28(23-46)40(47)48)30-11-9-13-32(26(30)2)39-44-34-15-17-45(24-36(34)51-39)18-19-49-52(6,7)41(3,4)5/h8-13,20-21,28H,14-19,22-24H2,1-7H3,(H,47,48)/t28-/m1/s1. The van der Waals surface area contributed by atoms with E-state index in [9.17, 15) is 9.90 Å². The molecule has 2 aliphatic heterocycles. The molecule has 11 heteroatoms. The number of carbonyl (C=O) groups is 1. The van der Waals surface area contributed by atoms with Crippen LogP contribution in [-0.2, 0) is 28.7 Å². The molecule has 1 N–H and O–H groups in total. The Labute approximate surface area is 316 Å². The molecule has 0 aliphatic carbocycles. The fourth-order valence-electron chi connectivity index (χ4n) is 7.21. The van der Waals surface area contributed by atoms with Gasteiger partial charge < -0.3 is 13.9 Å². The molecule has 2 aromatic heterocycles. The molecular formula is C41H49ClN4O4SSi. The fourth-order valence-corrected chi connectivity index (χ4v) is 9.75. The Morgan fingerprint density at radius 1 is 1.02 bits per heavy atom. The number of hydrogen-bond acceptors (Lipinski definition) is 8. The number of thiazole rings is 1. The minimum Gasteiger partial charge on any atom is -0.481 e. The molecule has 0 spiro atoms. The Morgan fingerprint density at radius 2 is 1.71 bits per heavy atom. The topological polar surface area (TPSA) is 91.9 Å². The van der Waals surface area contributed by atoms with E-state index in [-0.39, 0.29) is 11.0 Å². The number of nitrogens with zero attached hydrogens (tertiary/aromatic N) is 4. The monoisotopic (exact) mass is 756 g/mol. The largest absolute Gasteiger partial charge is 0.481 e. The molecule has 1 atom stereocenters. The molecule has 4 heterocycles. The number of fused-ring (bicyclic) bond motifs is 2. The normalized spacial score (nSPS) is 17.3. The molecule has 0 bridgehead atoms. The summed E-state index contributed by atoms with van der Waals surface area (Å²) in [4.78, 5) is 27.6. The van der Waals surface area contributed by atoms with Gasteiger partial charge >= 0.3 is 5.97 Å². The summed E-state index contributed by atoms with van der Waals surface area (Å²) in [6.07, 6.45) is 1.63. The first-order valence-corrected chi connectivity index (χ1v) is 22.4. The predicted octanol–water partition coefficient (Wildman–Crippen LogP) is 9.84. The van der Waals surface area contributed by atoms with E-state index < -0.39 is 14.3 Å². The van der Waals surface area contributed by atoms with E-state index in [4.69, 9.17) is 30.4 Å². The lowest BCUT2D eigenvalue weighted by Gasteiger charge is -2.37. The van der Waals surface area contributed by atoms with E-state index in [1.807, 2.05) is 29.5 Å². The minimum atomic E-state index is -1.76. The minimum absolute atomic E-state index is 0.218. The molecule has 52 heavy (non-hydrogen) atoms. The number of hydrogen-bond donors (Lipinski definition) is 1. The molecule has 0 saturated carbocycles. The molecule has 5 aromatic rings. The van der Waals surface area contributed by atoms with E-state index >= 15 is 0 Å². The lowest BCUT2D eigenvalue weighted by Crippen LogP contribution is -2.43. The number of rotatable bonds is 10. The lowest BCUT2D eigenvalue weighted by molar-refractivity contribution is -0.141. The highest BCUT2D eigenvalue weighted by molar-refractivity contribution is 7.15. The molecule has 8 nitrogen and oxygen atoms in total. The zero-order valence-electron chi connectivity index (χ0n) is 31.3. The highest BCUT2D eigenvalue weighted by Gasteiger charge is 2.37. The predicted molar refractivity (Wildman–Crippen MR) is 214 cm³/mol. The van der Waals surface area contributed by atoms with Crippen LogP contribution in [0.3, 0.4) is 0 Å². The molecule has 7 rings (SSSR count). The van der Waals surface area contributed by atoms with Gasteiger partial charge in [-0.15, -0.1) is 11.3 Å². The molecule has 0 amide bonds. The Morgan fingerprint density at radius 3 is 2.40 bits per heavy atom. The van der Waals surface area contributed by atoms with Crippen molar-refractivity contribution in [1.82, 2.24) is 19.8 Å². The number of halogens is 1. The van der Waals surface area contributed by atoms with E-state index in [0.29, 0.717) is 41.5 Å². The van der Waals surface area contributed by atoms with Gasteiger partial charge in [0, 0.05) is 61.8 Å². The van der Waals surface area contributed by atoms with Crippen molar-refractivity contribution in [2.24, 2.45) is 5.92 Å². The number of benzene rings is 3. The van der Waals surface area contributed by atoms with Gasteiger partial charge in [0.05, 0.1) is 16.6 Å². The van der Waals surface area contributed by atoms with Crippen molar-refractivity contribution in [2.75, 3.05) is 32.8 Å². The van der Waals surface area contributed by atoms with Crippen LogP contribution in [0.25, 0.3) is 44.3 Å². The third kappa shape index (κ3) is 7.38. The van der Waals surface area contributed by atoms with E-state index in [0.717, 1.165) is 72.0 Å². The summed E-state index contributed by atoms with van der Waals surface area (Å²) in [6, 6.07) is 16.7. The van der Waals surface area contributed by atoms with Crippen LogP contribution >= 0.6 is 22.9 Å². The number of likely N-dealkylation sites (tertiary alicyclic amines) is 1. The van der Waals surface area contributed by atoms with Gasteiger partial charge in [0.15, 0.2) is 13.9 Å². The summed E-state index contributed by atoms with van der Waals surface area (Å²) in [5.41, 5.74) is 10.1. The van der Waals surface area contributed by atoms with Crippen molar-refractivity contribution < 1.29 is 18.7 Å². The second-order valence-electron chi connectivity index (χ2n) is 16.0. The van der Waals surface area contributed by atoms with Gasteiger partial charge in [-0.1, -0.05) is 62.7 Å². The summed E-state index contributed by atoms with van der Waals surface area (Å²) >= 11 is 8.55. The molecule has 274 valence electrons. The highest BCUT2D eigenvalue weighted by atomic mass is 35.5. The van der Waals surface area contributed by atoms with Gasteiger partial charge in [0.2, 0.25) is 5.89 Å². The number of oxazole rings is 1. The van der Waals surface area contributed by atoms with Crippen LogP contribution in [0.2, 0.25) is 23.2 Å². The lowest BCUT2D eigenvalue weighted by atomic mass is 9.91. The summed E-state index contributed by atoms with van der Waals surface area (Å²) in [5, 5.41) is 11.2. The van der Waals surface area contributed by atoms with Gasteiger partial charge in [0.1, 0.15) is 10.5 Å². The third-order valence-electron chi connectivity index (χ3n) is 11.4. The Bertz CT molecular complexity index is 2140. The maximum atomic E-state index is 11.4. The maximum Gasteiger partial charge on any atom is 0.307 e. The summed E-state index contributed by atoms with van der Waals surface area (Å²) in [7, 11) is -1.76. The van der Waals surface area contributed by atoms with Crippen LogP contribution in [0.1, 0.15) is 54.5 Å². The van der Waals surface area contributed by atoms with Crippen molar-refractivity contribution >= 4 is 48.3 Å². The average Bonchev–Trinajstić information content (AvgIpc) is 3.83. The van der Waals surface area contributed by atoms with E-state index in [1.165, 1.54) is 21.7 Å². The first-order valence-electron chi connectivity index (χ1n) is 18.3. The van der Waals surface area contributed by atoms with Gasteiger partial charge in [0.25, 0.3) is 0 Å². The Hall–Kier alpha value is -3.38. The fraction of sp³-hybridized carbons (Fsp3) is 0.439. The quantitative estimate of drug-likeness (QED) is 0.141. The van der Waals surface area contributed by atoms with Crippen LogP contribution < -0.4 is 0 Å². The van der Waals surface area contributed by atoms with Crippen molar-refractivity contribution in [3.63, 3.8) is 0 Å². The first kappa shape index (κ1) is 37.0. The average molecular weight is 757 g/mol. The second-order valence-corrected chi connectivity index (χ2v) is 22.3. The van der Waals surface area contributed by atoms with Crippen molar-refractivity contribution in [1.29, 1.82) is 0 Å².